The minimum atomic E-state index is -4.82. The van der Waals surface area contributed by atoms with Gasteiger partial charge in [-0.15, -0.1) is 0 Å². The Kier molecular flexibility index (Phi) is 11.7. The van der Waals surface area contributed by atoms with Crippen LogP contribution in [0.4, 0.5) is 18.9 Å². The summed E-state index contributed by atoms with van der Waals surface area (Å²) in [4.78, 5) is 29.3. The lowest BCUT2D eigenvalue weighted by atomic mass is 10.0. The third-order valence-corrected chi connectivity index (χ3v) is 9.67. The minimum Gasteiger partial charge on any atom is -0.354 e. The van der Waals surface area contributed by atoms with Crippen LogP contribution in [0.2, 0.25) is 5.02 Å². The van der Waals surface area contributed by atoms with Gasteiger partial charge in [-0.25, -0.2) is 8.42 Å². The van der Waals surface area contributed by atoms with Gasteiger partial charge in [0.05, 0.1) is 21.2 Å². The molecule has 0 aliphatic heterocycles. The summed E-state index contributed by atoms with van der Waals surface area (Å²) in [5.41, 5.74) is 0.616. The van der Waals surface area contributed by atoms with Crippen molar-refractivity contribution in [3.05, 3.63) is 130 Å². The summed E-state index contributed by atoms with van der Waals surface area (Å²) in [5.74, 6) is -1.26. The number of anilines is 1. The number of sulfonamides is 1. The predicted octanol–water partition coefficient (Wildman–Crippen LogP) is 7.03. The Morgan fingerprint density at radius 2 is 1.51 bits per heavy atom. The SMILES string of the molecule is CCCNC(=O)C(Cc1ccccc1)N(Cc1ccccc1C)C(=O)CN(c1cc(C(F)(F)F)ccc1Cl)S(=O)(=O)c1ccccc1. The molecule has 0 aromatic heterocycles. The van der Waals surface area contributed by atoms with Gasteiger partial charge in [-0.3, -0.25) is 13.9 Å². The van der Waals surface area contributed by atoms with E-state index in [0.29, 0.717) is 28.9 Å². The molecule has 4 aromatic carbocycles. The molecule has 0 spiro atoms. The Balaban J connectivity index is 1.87. The highest BCUT2D eigenvalue weighted by molar-refractivity contribution is 7.92. The maximum atomic E-state index is 14.5. The van der Waals surface area contributed by atoms with E-state index in [9.17, 15) is 31.2 Å². The second-order valence-electron chi connectivity index (χ2n) is 10.9. The number of nitrogens with one attached hydrogen (secondary N) is 1. The molecule has 0 aliphatic rings. The molecule has 0 saturated heterocycles. The lowest BCUT2D eigenvalue weighted by Crippen LogP contribution is -2.53. The molecule has 0 heterocycles. The van der Waals surface area contributed by atoms with Crippen LogP contribution in [0.3, 0.4) is 0 Å². The van der Waals surface area contributed by atoms with Crippen LogP contribution in [0.1, 0.15) is 35.6 Å². The van der Waals surface area contributed by atoms with Gasteiger partial charge >= 0.3 is 6.18 Å². The van der Waals surface area contributed by atoms with Gasteiger partial charge in [0.2, 0.25) is 11.8 Å². The van der Waals surface area contributed by atoms with Crippen LogP contribution in [0.25, 0.3) is 0 Å². The number of hydrogen-bond acceptors (Lipinski definition) is 4. The highest BCUT2D eigenvalue weighted by atomic mass is 35.5. The van der Waals surface area contributed by atoms with Crippen molar-refractivity contribution in [2.45, 2.75) is 50.3 Å². The fourth-order valence-electron chi connectivity index (χ4n) is 5.00. The molecular formula is C35H35ClF3N3O4S. The molecule has 2 amide bonds. The maximum absolute atomic E-state index is 14.5. The van der Waals surface area contributed by atoms with E-state index in [2.05, 4.69) is 5.32 Å². The van der Waals surface area contributed by atoms with E-state index in [1.54, 1.807) is 30.3 Å². The van der Waals surface area contributed by atoms with Crippen LogP contribution in [0.5, 0.6) is 0 Å². The first-order valence-corrected chi connectivity index (χ1v) is 16.7. The first-order valence-electron chi connectivity index (χ1n) is 14.9. The van der Waals surface area contributed by atoms with Crippen molar-refractivity contribution in [2.24, 2.45) is 0 Å². The van der Waals surface area contributed by atoms with E-state index in [4.69, 9.17) is 11.6 Å². The highest BCUT2D eigenvalue weighted by Crippen LogP contribution is 2.37. The monoisotopic (exact) mass is 685 g/mol. The van der Waals surface area contributed by atoms with Gasteiger partial charge in [-0.2, -0.15) is 13.2 Å². The molecular weight excluding hydrogens is 651 g/mol. The second-order valence-corrected chi connectivity index (χ2v) is 13.2. The number of benzene rings is 4. The number of nitrogens with zero attached hydrogens (tertiary/aromatic N) is 2. The number of rotatable bonds is 13. The Morgan fingerprint density at radius 1 is 0.894 bits per heavy atom. The molecule has 248 valence electrons. The van der Waals surface area contributed by atoms with Crippen LogP contribution >= 0.6 is 11.6 Å². The van der Waals surface area contributed by atoms with Crippen molar-refractivity contribution >= 4 is 39.1 Å². The quantitative estimate of drug-likeness (QED) is 0.164. The van der Waals surface area contributed by atoms with E-state index in [1.807, 2.05) is 44.2 Å². The van der Waals surface area contributed by atoms with Gasteiger partial charge < -0.3 is 10.2 Å². The van der Waals surface area contributed by atoms with Crippen LogP contribution < -0.4 is 9.62 Å². The number of carbonyl (C=O) groups excluding carboxylic acids is 2. The molecule has 12 heteroatoms. The standard InChI is InChI=1S/C35H35ClF3N3O4S/c1-3-20-40-34(44)32(21-26-13-6-4-7-14-26)41(23-27-15-11-10-12-25(27)2)33(43)24-42(47(45,46)29-16-8-5-9-17-29)31-22-28(35(37,38)39)18-19-30(31)36/h4-19,22,32H,3,20-21,23-24H2,1-2H3,(H,40,44). The van der Waals surface area contributed by atoms with Gasteiger partial charge in [0, 0.05) is 19.5 Å². The summed E-state index contributed by atoms with van der Waals surface area (Å²) in [6, 6.07) is 24.5. The van der Waals surface area contributed by atoms with Gasteiger partial charge in [0.15, 0.2) is 0 Å². The van der Waals surface area contributed by atoms with Crippen molar-refractivity contribution in [3.8, 4) is 0 Å². The van der Waals surface area contributed by atoms with Gasteiger partial charge in [0.1, 0.15) is 12.6 Å². The van der Waals surface area contributed by atoms with Crippen LogP contribution in [-0.2, 0) is 38.8 Å². The predicted molar refractivity (Wildman–Crippen MR) is 176 cm³/mol. The summed E-state index contributed by atoms with van der Waals surface area (Å²) in [6.45, 7) is 3.06. The molecule has 1 N–H and O–H groups in total. The summed E-state index contributed by atoms with van der Waals surface area (Å²) in [6.07, 6.45) is -4.09. The molecule has 47 heavy (non-hydrogen) atoms. The smallest absolute Gasteiger partial charge is 0.354 e. The topological polar surface area (TPSA) is 86.8 Å². The Bertz CT molecular complexity index is 1790. The van der Waals surface area contributed by atoms with Crippen molar-refractivity contribution < 1.29 is 31.2 Å². The molecule has 0 fully saturated rings. The minimum absolute atomic E-state index is 0.0713. The lowest BCUT2D eigenvalue weighted by molar-refractivity contribution is -0.140. The van der Waals surface area contributed by atoms with Gasteiger partial charge in [0.25, 0.3) is 10.0 Å². The van der Waals surface area contributed by atoms with Crippen molar-refractivity contribution in [3.63, 3.8) is 0 Å². The number of amides is 2. The average molecular weight is 686 g/mol. The molecule has 7 nitrogen and oxygen atoms in total. The maximum Gasteiger partial charge on any atom is 0.416 e. The lowest BCUT2D eigenvalue weighted by Gasteiger charge is -2.34. The zero-order valence-corrected chi connectivity index (χ0v) is 27.4. The average Bonchev–Trinajstić information content (AvgIpc) is 3.05. The third-order valence-electron chi connectivity index (χ3n) is 7.57. The zero-order valence-electron chi connectivity index (χ0n) is 25.9. The number of hydrogen-bond donors (Lipinski definition) is 1. The van der Waals surface area contributed by atoms with Gasteiger partial charge in [-0.05, 0) is 60.4 Å². The van der Waals surface area contributed by atoms with E-state index >= 15 is 0 Å². The molecule has 0 saturated carbocycles. The van der Waals surface area contributed by atoms with Crippen LogP contribution in [0.15, 0.2) is 108 Å². The van der Waals surface area contributed by atoms with E-state index in [-0.39, 0.29) is 22.9 Å². The Morgan fingerprint density at radius 3 is 2.13 bits per heavy atom. The normalized spacial score (nSPS) is 12.3. The molecule has 0 aliphatic carbocycles. The van der Waals surface area contributed by atoms with E-state index in [0.717, 1.165) is 23.3 Å². The molecule has 1 unspecified atom stereocenters. The number of halogens is 4. The number of carbonyl (C=O) groups is 2. The summed E-state index contributed by atoms with van der Waals surface area (Å²) < 4.78 is 70.2. The first-order chi connectivity index (χ1) is 22.3. The van der Waals surface area contributed by atoms with Crippen molar-refractivity contribution in [1.29, 1.82) is 0 Å². The Labute approximate surface area is 278 Å². The van der Waals surface area contributed by atoms with E-state index < -0.39 is 51.9 Å². The highest BCUT2D eigenvalue weighted by Gasteiger charge is 2.37. The molecule has 4 rings (SSSR count). The van der Waals surface area contributed by atoms with E-state index in [1.165, 1.54) is 29.2 Å². The largest absolute Gasteiger partial charge is 0.416 e. The summed E-state index contributed by atoms with van der Waals surface area (Å²) >= 11 is 6.36. The third kappa shape index (κ3) is 8.93. The number of alkyl halides is 3. The fourth-order valence-corrected chi connectivity index (χ4v) is 6.72. The first kappa shape index (κ1) is 35.5. The molecule has 0 bridgehead atoms. The zero-order chi connectivity index (χ0) is 34.2. The van der Waals surface area contributed by atoms with Crippen LogP contribution in [-0.4, -0.2) is 44.3 Å². The number of aryl methyl sites for hydroxylation is 1. The van der Waals surface area contributed by atoms with Gasteiger partial charge in [-0.1, -0.05) is 91.3 Å². The molecule has 1 atom stereocenters. The second kappa shape index (κ2) is 15.5. The Hall–Kier alpha value is -4.35. The molecule has 4 aromatic rings. The van der Waals surface area contributed by atoms with Crippen molar-refractivity contribution in [2.75, 3.05) is 17.4 Å². The summed E-state index contributed by atoms with van der Waals surface area (Å²) in [5, 5.41) is 2.54. The molecule has 0 radical (unpaired) electrons. The van der Waals surface area contributed by atoms with Crippen LogP contribution in [0, 0.1) is 6.92 Å². The fraction of sp³-hybridized carbons (Fsp3) is 0.257. The summed E-state index contributed by atoms with van der Waals surface area (Å²) in [7, 11) is -4.63. The van der Waals surface area contributed by atoms with Crippen molar-refractivity contribution in [1.82, 2.24) is 10.2 Å².